The van der Waals surface area contributed by atoms with Gasteiger partial charge in [0.1, 0.15) is 11.5 Å². The van der Waals surface area contributed by atoms with Crippen LogP contribution in [-0.4, -0.2) is 77.9 Å². The number of benzene rings is 1. The summed E-state index contributed by atoms with van der Waals surface area (Å²) in [5.41, 5.74) is 0.512. The Morgan fingerprint density at radius 2 is 1.79 bits per heavy atom. The molecule has 4 heterocycles. The topological polar surface area (TPSA) is 113 Å². The number of aromatic nitrogens is 3. The van der Waals surface area contributed by atoms with Gasteiger partial charge in [-0.3, -0.25) is 4.79 Å². The fraction of sp³-hybridized carbons (Fsp3) is 0.385. The van der Waals surface area contributed by atoms with Crippen LogP contribution in [0.25, 0.3) is 12.2 Å². The van der Waals surface area contributed by atoms with Crippen molar-refractivity contribution in [2.75, 3.05) is 44.2 Å². The molecule has 2 aliphatic heterocycles. The second kappa shape index (κ2) is 11.0. The maximum absolute atomic E-state index is 14.0. The predicted octanol–water partition coefficient (Wildman–Crippen LogP) is 2.83. The van der Waals surface area contributed by atoms with Gasteiger partial charge in [-0.05, 0) is 44.1 Å². The van der Waals surface area contributed by atoms with E-state index in [4.69, 9.17) is 4.52 Å². The number of hydrogen-bond acceptors (Lipinski definition) is 8. The van der Waals surface area contributed by atoms with E-state index < -0.39 is 21.8 Å². The number of nitrogens with zero attached hydrogens (tertiary/aromatic N) is 6. The lowest BCUT2D eigenvalue weighted by atomic mass is 9.98. The third kappa shape index (κ3) is 5.32. The smallest absolute Gasteiger partial charge is 0.248 e. The average Bonchev–Trinajstić information content (AvgIpc) is 3.33. The molecule has 1 amide bonds. The van der Waals surface area contributed by atoms with E-state index in [-0.39, 0.29) is 28.8 Å². The third-order valence-corrected chi connectivity index (χ3v) is 8.93. The van der Waals surface area contributed by atoms with Crippen LogP contribution >= 0.6 is 0 Å². The lowest BCUT2D eigenvalue weighted by molar-refractivity contribution is -0.137. The average molecular weight is 541 g/mol. The summed E-state index contributed by atoms with van der Waals surface area (Å²) in [6.07, 6.45) is 7.43. The zero-order chi connectivity index (χ0) is 26.7. The lowest BCUT2D eigenvalue weighted by Crippen LogP contribution is -2.53. The molecule has 1 atom stereocenters. The van der Waals surface area contributed by atoms with Gasteiger partial charge in [0.2, 0.25) is 21.9 Å². The van der Waals surface area contributed by atoms with Gasteiger partial charge in [0.25, 0.3) is 0 Å². The van der Waals surface area contributed by atoms with Crippen molar-refractivity contribution in [3.8, 4) is 0 Å². The van der Waals surface area contributed by atoms with E-state index in [2.05, 4.69) is 15.1 Å². The van der Waals surface area contributed by atoms with E-state index >= 15 is 0 Å². The van der Waals surface area contributed by atoms with Crippen molar-refractivity contribution >= 4 is 34.0 Å². The van der Waals surface area contributed by atoms with Gasteiger partial charge in [-0.1, -0.05) is 23.4 Å². The molecule has 2 saturated heterocycles. The number of amides is 1. The molecule has 2 aliphatic rings. The Kier molecular flexibility index (Phi) is 7.52. The maximum Gasteiger partial charge on any atom is 0.248 e. The van der Waals surface area contributed by atoms with E-state index in [0.29, 0.717) is 57.1 Å². The number of piperidine rings is 1. The summed E-state index contributed by atoms with van der Waals surface area (Å²) in [4.78, 5) is 25.7. The SMILES string of the molecule is Cc1noc(/C=C/c2ccccc2F)c1S(=O)(=O)N1CCCC(C(=O)N2CCN(c3ncccn3)CC2)C1. The first-order valence-corrected chi connectivity index (χ1v) is 14.0. The summed E-state index contributed by atoms with van der Waals surface area (Å²) in [5, 5.41) is 3.86. The highest BCUT2D eigenvalue weighted by Crippen LogP contribution is 2.30. The Bertz CT molecular complexity index is 1420. The molecule has 38 heavy (non-hydrogen) atoms. The molecular formula is C26H29FN6O4S. The molecule has 2 aromatic heterocycles. The van der Waals surface area contributed by atoms with E-state index in [1.54, 1.807) is 48.5 Å². The third-order valence-electron chi connectivity index (χ3n) is 6.91. The summed E-state index contributed by atoms with van der Waals surface area (Å²) >= 11 is 0. The summed E-state index contributed by atoms with van der Waals surface area (Å²) in [5.74, 6) is -0.244. The van der Waals surface area contributed by atoms with Crippen molar-refractivity contribution in [3.63, 3.8) is 0 Å². The van der Waals surface area contributed by atoms with Crippen molar-refractivity contribution in [3.05, 3.63) is 65.6 Å². The molecule has 5 rings (SSSR count). The van der Waals surface area contributed by atoms with Crippen LogP contribution in [0.2, 0.25) is 0 Å². The lowest BCUT2D eigenvalue weighted by Gasteiger charge is -2.38. The maximum atomic E-state index is 14.0. The fourth-order valence-corrected chi connectivity index (χ4v) is 6.68. The Morgan fingerprint density at radius 1 is 1.05 bits per heavy atom. The number of halogens is 1. The molecule has 0 radical (unpaired) electrons. The van der Waals surface area contributed by atoms with Gasteiger partial charge < -0.3 is 14.3 Å². The number of rotatable bonds is 6. The molecule has 10 nitrogen and oxygen atoms in total. The van der Waals surface area contributed by atoms with Crippen LogP contribution in [0.4, 0.5) is 10.3 Å². The Balaban J connectivity index is 1.28. The standard InChI is InChI=1S/C26H29FN6O4S/c1-19-24(23(37-30-19)10-9-20-6-2-3-8-22(20)27)38(35,36)33-13-4-7-21(18-33)25(34)31-14-16-32(17-15-31)26-28-11-5-12-29-26/h2-3,5-6,8-12,21H,4,7,13-18H2,1H3/b10-9+. The Labute approximate surface area is 220 Å². The van der Waals surface area contributed by atoms with E-state index in [9.17, 15) is 17.6 Å². The van der Waals surface area contributed by atoms with Gasteiger partial charge in [0, 0.05) is 57.2 Å². The molecule has 0 bridgehead atoms. The Hall–Kier alpha value is -3.64. The van der Waals surface area contributed by atoms with Gasteiger partial charge in [-0.15, -0.1) is 0 Å². The zero-order valence-corrected chi connectivity index (χ0v) is 21.8. The fourth-order valence-electron chi connectivity index (χ4n) is 4.91. The molecule has 0 N–H and O–H groups in total. The molecule has 0 saturated carbocycles. The largest absolute Gasteiger partial charge is 0.355 e. The minimum atomic E-state index is -4.00. The van der Waals surface area contributed by atoms with Crippen LogP contribution in [0, 0.1) is 18.7 Å². The van der Waals surface area contributed by atoms with Crippen molar-refractivity contribution in [1.82, 2.24) is 24.3 Å². The van der Waals surface area contributed by atoms with E-state index in [1.165, 1.54) is 22.5 Å². The first kappa shape index (κ1) is 26.0. The summed E-state index contributed by atoms with van der Waals surface area (Å²) in [6.45, 7) is 4.21. The number of carbonyl (C=O) groups is 1. The highest BCUT2D eigenvalue weighted by atomic mass is 32.2. The normalized spacial score (nSPS) is 19.3. The van der Waals surface area contributed by atoms with Gasteiger partial charge in [0.15, 0.2) is 10.7 Å². The van der Waals surface area contributed by atoms with Gasteiger partial charge >= 0.3 is 0 Å². The second-order valence-electron chi connectivity index (χ2n) is 9.38. The molecule has 2 fully saturated rings. The molecule has 3 aromatic rings. The number of hydrogen-bond donors (Lipinski definition) is 0. The van der Waals surface area contributed by atoms with E-state index in [0.717, 1.165) is 0 Å². The molecule has 0 spiro atoms. The van der Waals surface area contributed by atoms with Crippen molar-refractivity contribution in [1.29, 1.82) is 0 Å². The van der Waals surface area contributed by atoms with E-state index in [1.807, 2.05) is 4.90 Å². The quantitative estimate of drug-likeness (QED) is 0.469. The van der Waals surface area contributed by atoms with Gasteiger partial charge in [-0.25, -0.2) is 22.8 Å². The number of carbonyl (C=O) groups excluding carboxylic acids is 1. The van der Waals surface area contributed by atoms with Crippen molar-refractivity contribution in [2.24, 2.45) is 5.92 Å². The highest BCUT2D eigenvalue weighted by molar-refractivity contribution is 7.89. The molecular weight excluding hydrogens is 511 g/mol. The number of anilines is 1. The van der Waals surface area contributed by atoms with Crippen molar-refractivity contribution < 1.29 is 22.1 Å². The number of piperazine rings is 1. The first-order chi connectivity index (χ1) is 18.3. The zero-order valence-electron chi connectivity index (χ0n) is 21.0. The molecule has 1 unspecified atom stereocenters. The van der Waals surface area contributed by atoms with Crippen LogP contribution in [0.3, 0.4) is 0 Å². The minimum Gasteiger partial charge on any atom is -0.355 e. The molecule has 0 aliphatic carbocycles. The predicted molar refractivity (Wildman–Crippen MR) is 139 cm³/mol. The van der Waals surface area contributed by atoms with Crippen LogP contribution < -0.4 is 4.90 Å². The number of sulfonamides is 1. The van der Waals surface area contributed by atoms with Crippen LogP contribution in [-0.2, 0) is 14.8 Å². The summed E-state index contributed by atoms with van der Waals surface area (Å²) < 4.78 is 48.0. The minimum absolute atomic E-state index is 0.0263. The highest BCUT2D eigenvalue weighted by Gasteiger charge is 2.38. The van der Waals surface area contributed by atoms with Gasteiger partial charge in [0.05, 0.1) is 5.92 Å². The van der Waals surface area contributed by atoms with Crippen LogP contribution in [0.5, 0.6) is 0 Å². The van der Waals surface area contributed by atoms with Gasteiger partial charge in [-0.2, -0.15) is 4.31 Å². The molecule has 12 heteroatoms. The summed E-state index contributed by atoms with van der Waals surface area (Å²) in [7, 11) is -4.00. The number of aryl methyl sites for hydroxylation is 1. The molecule has 200 valence electrons. The molecule has 1 aromatic carbocycles. The second-order valence-corrected chi connectivity index (χ2v) is 11.3. The van der Waals surface area contributed by atoms with Crippen LogP contribution in [0.15, 0.2) is 52.1 Å². The Morgan fingerprint density at radius 3 is 2.53 bits per heavy atom. The van der Waals surface area contributed by atoms with Crippen LogP contribution in [0.1, 0.15) is 29.9 Å². The monoisotopic (exact) mass is 540 g/mol. The summed E-state index contributed by atoms with van der Waals surface area (Å²) in [6, 6.07) is 7.93. The van der Waals surface area contributed by atoms with Crippen molar-refractivity contribution in [2.45, 2.75) is 24.7 Å². The first-order valence-electron chi connectivity index (χ1n) is 12.5.